The van der Waals surface area contributed by atoms with Crippen molar-refractivity contribution in [1.29, 1.82) is 0 Å². The molecule has 7 nitrogen and oxygen atoms in total. The lowest BCUT2D eigenvalue weighted by atomic mass is 9.97. The van der Waals surface area contributed by atoms with Gasteiger partial charge in [-0.05, 0) is 50.1 Å². The van der Waals surface area contributed by atoms with E-state index in [0.717, 1.165) is 22.0 Å². The smallest absolute Gasteiger partial charge is 0.245 e. The molecule has 0 atom stereocenters. The number of halogens is 1. The zero-order valence-electron chi connectivity index (χ0n) is 16.9. The number of sulfonamides is 1. The average Bonchev–Trinajstić information content (AvgIpc) is 3.15. The first kappa shape index (κ1) is 21.7. The summed E-state index contributed by atoms with van der Waals surface area (Å²) in [6, 6.07) is 10.9. The Kier molecular flexibility index (Phi) is 6.22. The van der Waals surface area contributed by atoms with Crippen molar-refractivity contribution in [2.24, 2.45) is 5.92 Å². The summed E-state index contributed by atoms with van der Waals surface area (Å²) in [5.41, 5.74) is 0.773. The van der Waals surface area contributed by atoms with Crippen LogP contribution < -0.4 is 10.1 Å². The molecular weight excluding hydrogens is 441 g/mol. The van der Waals surface area contributed by atoms with Gasteiger partial charge in [-0.25, -0.2) is 17.8 Å². The maximum Gasteiger partial charge on any atom is 0.245 e. The molecule has 10 heteroatoms. The molecule has 1 aliphatic rings. The second kappa shape index (κ2) is 8.89. The highest BCUT2D eigenvalue weighted by atomic mass is 32.2. The molecule has 1 aromatic heterocycles. The first-order valence-electron chi connectivity index (χ1n) is 9.97. The summed E-state index contributed by atoms with van der Waals surface area (Å²) in [5, 5.41) is 3.34. The van der Waals surface area contributed by atoms with Gasteiger partial charge in [0.1, 0.15) is 16.5 Å². The lowest BCUT2D eigenvalue weighted by Crippen LogP contribution is -2.41. The highest BCUT2D eigenvalue weighted by molar-refractivity contribution is 7.89. The summed E-state index contributed by atoms with van der Waals surface area (Å²) in [4.78, 5) is 16.8. The number of nitrogens with zero attached hydrogens (tertiary/aromatic N) is 2. The number of benzene rings is 2. The first-order chi connectivity index (χ1) is 14.9. The molecule has 0 aliphatic carbocycles. The molecule has 2 aromatic carbocycles. The molecular formula is C21H22FN3O4S2. The maximum atomic E-state index is 14.0. The standard InChI is InChI=1S/C21H22FN3O4S2/c1-2-29-15-7-8-17-18(13-15)30-21(23-17)24-20(26)14-9-11-25(12-10-14)31(27,28)19-6-4-3-5-16(19)22/h3-8,13-14H,2,9-12H2,1H3,(H,23,24,26). The van der Waals surface area contributed by atoms with Crippen LogP contribution in [0, 0.1) is 11.7 Å². The Morgan fingerprint density at radius 3 is 2.71 bits per heavy atom. The Balaban J connectivity index is 1.39. The van der Waals surface area contributed by atoms with E-state index in [4.69, 9.17) is 4.74 Å². The van der Waals surface area contributed by atoms with Gasteiger partial charge < -0.3 is 10.1 Å². The van der Waals surface area contributed by atoms with Crippen LogP contribution in [0.3, 0.4) is 0 Å². The summed E-state index contributed by atoms with van der Waals surface area (Å²) in [5.74, 6) is -0.546. The number of hydrogen-bond donors (Lipinski definition) is 1. The van der Waals surface area contributed by atoms with Gasteiger partial charge in [-0.1, -0.05) is 23.5 Å². The van der Waals surface area contributed by atoms with Crippen LogP contribution in [0.4, 0.5) is 9.52 Å². The number of amides is 1. The minimum atomic E-state index is -3.92. The van der Waals surface area contributed by atoms with E-state index < -0.39 is 15.8 Å². The molecule has 0 spiro atoms. The highest BCUT2D eigenvalue weighted by Crippen LogP contribution is 2.31. The largest absolute Gasteiger partial charge is 0.494 e. The third-order valence-corrected chi connectivity index (χ3v) is 8.05. The van der Waals surface area contributed by atoms with Gasteiger partial charge >= 0.3 is 0 Å². The molecule has 3 aromatic rings. The fraction of sp³-hybridized carbons (Fsp3) is 0.333. The van der Waals surface area contributed by atoms with Crippen LogP contribution in [-0.4, -0.2) is 43.3 Å². The van der Waals surface area contributed by atoms with E-state index in [2.05, 4.69) is 10.3 Å². The minimum absolute atomic E-state index is 0.159. The van der Waals surface area contributed by atoms with E-state index in [0.29, 0.717) is 24.6 Å². The number of carbonyl (C=O) groups excluding carboxylic acids is 1. The molecule has 1 N–H and O–H groups in total. The van der Waals surface area contributed by atoms with E-state index in [9.17, 15) is 17.6 Å². The van der Waals surface area contributed by atoms with E-state index in [1.54, 1.807) is 0 Å². The molecule has 1 aliphatic heterocycles. The van der Waals surface area contributed by atoms with E-state index >= 15 is 0 Å². The normalized spacial score (nSPS) is 15.8. The third-order valence-electron chi connectivity index (χ3n) is 5.18. The van der Waals surface area contributed by atoms with E-state index in [1.165, 1.54) is 33.8 Å². The highest BCUT2D eigenvalue weighted by Gasteiger charge is 2.33. The maximum absolute atomic E-state index is 14.0. The third kappa shape index (κ3) is 4.56. The summed E-state index contributed by atoms with van der Waals surface area (Å²) in [7, 11) is -3.92. The van der Waals surface area contributed by atoms with Gasteiger partial charge in [0.25, 0.3) is 0 Å². The number of carbonyl (C=O) groups is 1. The lowest BCUT2D eigenvalue weighted by Gasteiger charge is -2.30. The molecule has 1 amide bonds. The number of hydrogen-bond acceptors (Lipinski definition) is 6. The SMILES string of the molecule is CCOc1ccc2nc(NC(=O)C3CCN(S(=O)(=O)c4ccccc4F)CC3)sc2c1. The van der Waals surface area contributed by atoms with Crippen molar-refractivity contribution >= 4 is 42.6 Å². The van der Waals surface area contributed by atoms with Crippen molar-refractivity contribution in [3.05, 3.63) is 48.3 Å². The van der Waals surface area contributed by atoms with Gasteiger partial charge in [0.05, 0.1) is 16.8 Å². The first-order valence-corrected chi connectivity index (χ1v) is 12.2. The second-order valence-electron chi connectivity index (χ2n) is 7.18. The van der Waals surface area contributed by atoms with Crippen LogP contribution in [0.2, 0.25) is 0 Å². The Labute approximate surface area is 183 Å². The van der Waals surface area contributed by atoms with Crippen molar-refractivity contribution in [1.82, 2.24) is 9.29 Å². The van der Waals surface area contributed by atoms with Gasteiger partial charge in [-0.3, -0.25) is 4.79 Å². The number of rotatable bonds is 6. The molecule has 31 heavy (non-hydrogen) atoms. The summed E-state index contributed by atoms with van der Waals surface area (Å²) >= 11 is 1.36. The van der Waals surface area contributed by atoms with Gasteiger partial charge in [0.15, 0.2) is 5.13 Å². The Morgan fingerprint density at radius 2 is 2.00 bits per heavy atom. The monoisotopic (exact) mass is 463 g/mol. The van der Waals surface area contributed by atoms with Crippen molar-refractivity contribution in [2.45, 2.75) is 24.7 Å². The van der Waals surface area contributed by atoms with Gasteiger partial charge in [0, 0.05) is 19.0 Å². The fourth-order valence-electron chi connectivity index (χ4n) is 3.57. The molecule has 1 fully saturated rings. The zero-order valence-corrected chi connectivity index (χ0v) is 18.5. The minimum Gasteiger partial charge on any atom is -0.494 e. The quantitative estimate of drug-likeness (QED) is 0.600. The van der Waals surface area contributed by atoms with Crippen LogP contribution in [-0.2, 0) is 14.8 Å². The topological polar surface area (TPSA) is 88.6 Å². The number of thiazole rings is 1. The zero-order chi connectivity index (χ0) is 22.0. The summed E-state index contributed by atoms with van der Waals surface area (Å²) < 4.78 is 47.0. The molecule has 0 bridgehead atoms. The van der Waals surface area contributed by atoms with Crippen molar-refractivity contribution in [3.63, 3.8) is 0 Å². The Hall–Kier alpha value is -2.56. The number of fused-ring (bicyclic) bond motifs is 1. The molecule has 0 unspecified atom stereocenters. The van der Waals surface area contributed by atoms with E-state index in [1.807, 2.05) is 25.1 Å². The second-order valence-corrected chi connectivity index (χ2v) is 10.1. The van der Waals surface area contributed by atoms with Crippen LogP contribution in [0.1, 0.15) is 19.8 Å². The average molecular weight is 464 g/mol. The van der Waals surface area contributed by atoms with Gasteiger partial charge in [0.2, 0.25) is 15.9 Å². The summed E-state index contributed by atoms with van der Waals surface area (Å²) in [6.45, 7) is 2.80. The molecule has 0 saturated carbocycles. The predicted octanol–water partition coefficient (Wildman–Crippen LogP) is 3.87. The van der Waals surface area contributed by atoms with Crippen LogP contribution in [0.5, 0.6) is 5.75 Å². The van der Waals surface area contributed by atoms with Crippen LogP contribution in [0.25, 0.3) is 10.2 Å². The molecule has 4 rings (SSSR count). The summed E-state index contributed by atoms with van der Waals surface area (Å²) in [6.07, 6.45) is 0.720. The molecule has 1 saturated heterocycles. The number of ether oxygens (including phenoxy) is 1. The van der Waals surface area contributed by atoms with Crippen molar-refractivity contribution in [2.75, 3.05) is 25.0 Å². The number of piperidine rings is 1. The Morgan fingerprint density at radius 1 is 1.26 bits per heavy atom. The van der Waals surface area contributed by atoms with Gasteiger partial charge in [-0.15, -0.1) is 0 Å². The van der Waals surface area contributed by atoms with Crippen molar-refractivity contribution in [3.8, 4) is 5.75 Å². The van der Waals surface area contributed by atoms with Crippen LogP contribution >= 0.6 is 11.3 Å². The molecule has 164 valence electrons. The lowest BCUT2D eigenvalue weighted by molar-refractivity contribution is -0.120. The molecule has 2 heterocycles. The van der Waals surface area contributed by atoms with Gasteiger partial charge in [-0.2, -0.15) is 4.31 Å². The van der Waals surface area contributed by atoms with Crippen LogP contribution in [0.15, 0.2) is 47.4 Å². The van der Waals surface area contributed by atoms with Crippen molar-refractivity contribution < 1.29 is 22.3 Å². The Bertz CT molecular complexity index is 1200. The number of nitrogens with one attached hydrogen (secondary N) is 1. The van der Waals surface area contributed by atoms with E-state index in [-0.39, 0.29) is 29.8 Å². The fourth-order valence-corrected chi connectivity index (χ4v) is 6.01. The number of aromatic nitrogens is 1. The predicted molar refractivity (Wildman–Crippen MR) is 117 cm³/mol. The number of anilines is 1. The molecule has 0 radical (unpaired) electrons.